The first-order chi connectivity index (χ1) is 7.68. The number of benzene rings is 1. The maximum atomic E-state index is 5.48. The summed E-state index contributed by atoms with van der Waals surface area (Å²) in [6, 6.07) is 8.36. The monoisotopic (exact) mass is 285 g/mol. The average molecular weight is 286 g/mol. The van der Waals surface area contributed by atoms with Gasteiger partial charge in [0.05, 0.1) is 6.61 Å². The first-order valence-corrected chi connectivity index (χ1v) is 6.50. The molecule has 0 heterocycles. The highest BCUT2D eigenvalue weighted by Crippen LogP contribution is 2.09. The average Bonchev–Trinajstić information content (AvgIpc) is 2.25. The summed E-state index contributed by atoms with van der Waals surface area (Å²) in [5, 5.41) is 3.35. The Morgan fingerprint density at radius 3 is 2.56 bits per heavy atom. The molecule has 0 fully saturated rings. The van der Waals surface area contributed by atoms with E-state index in [1.165, 1.54) is 5.56 Å². The standard InChI is InChI=1S/C13H20BrNO/c1-11(2)10-16-8-7-15-9-12-3-5-13(14)6-4-12/h3-6,11,15H,7-10H2,1-2H3. The van der Waals surface area contributed by atoms with Gasteiger partial charge in [0.15, 0.2) is 0 Å². The fraction of sp³-hybridized carbons (Fsp3) is 0.538. The molecule has 1 aromatic carbocycles. The third-order valence-corrected chi connectivity index (χ3v) is 2.65. The molecule has 16 heavy (non-hydrogen) atoms. The van der Waals surface area contributed by atoms with Gasteiger partial charge in [0.2, 0.25) is 0 Å². The van der Waals surface area contributed by atoms with E-state index in [4.69, 9.17) is 4.74 Å². The van der Waals surface area contributed by atoms with Crippen LogP contribution >= 0.6 is 15.9 Å². The van der Waals surface area contributed by atoms with Crippen LogP contribution in [0.4, 0.5) is 0 Å². The molecule has 0 bridgehead atoms. The lowest BCUT2D eigenvalue weighted by Gasteiger charge is -2.08. The van der Waals surface area contributed by atoms with Crippen molar-refractivity contribution in [2.75, 3.05) is 19.8 Å². The highest BCUT2D eigenvalue weighted by molar-refractivity contribution is 9.10. The van der Waals surface area contributed by atoms with E-state index >= 15 is 0 Å². The van der Waals surface area contributed by atoms with Gasteiger partial charge in [0.25, 0.3) is 0 Å². The van der Waals surface area contributed by atoms with Gasteiger partial charge in [-0.1, -0.05) is 41.9 Å². The van der Waals surface area contributed by atoms with Crippen molar-refractivity contribution in [1.82, 2.24) is 5.32 Å². The van der Waals surface area contributed by atoms with Gasteiger partial charge >= 0.3 is 0 Å². The van der Waals surface area contributed by atoms with Crippen molar-refractivity contribution in [2.24, 2.45) is 5.92 Å². The molecule has 0 radical (unpaired) electrons. The SMILES string of the molecule is CC(C)COCCNCc1ccc(Br)cc1. The molecule has 1 N–H and O–H groups in total. The number of nitrogens with one attached hydrogen (secondary N) is 1. The van der Waals surface area contributed by atoms with E-state index in [1.807, 2.05) is 0 Å². The molecule has 0 aliphatic rings. The molecule has 2 nitrogen and oxygen atoms in total. The Morgan fingerprint density at radius 2 is 1.94 bits per heavy atom. The van der Waals surface area contributed by atoms with Crippen LogP contribution in [0.3, 0.4) is 0 Å². The summed E-state index contributed by atoms with van der Waals surface area (Å²) in [7, 11) is 0. The fourth-order valence-corrected chi connectivity index (χ4v) is 1.56. The molecule has 0 aromatic heterocycles. The number of hydrogen-bond donors (Lipinski definition) is 1. The van der Waals surface area contributed by atoms with Crippen LogP contribution in [0.2, 0.25) is 0 Å². The zero-order chi connectivity index (χ0) is 11.8. The van der Waals surface area contributed by atoms with E-state index in [0.717, 1.165) is 30.8 Å². The van der Waals surface area contributed by atoms with Gasteiger partial charge < -0.3 is 10.1 Å². The van der Waals surface area contributed by atoms with E-state index in [1.54, 1.807) is 0 Å². The Labute approximate surface area is 107 Å². The topological polar surface area (TPSA) is 21.3 Å². The molecule has 1 aromatic rings. The van der Waals surface area contributed by atoms with Gasteiger partial charge in [-0.25, -0.2) is 0 Å². The second-order valence-electron chi connectivity index (χ2n) is 4.27. The molecule has 0 atom stereocenters. The summed E-state index contributed by atoms with van der Waals surface area (Å²) in [5.41, 5.74) is 1.30. The predicted molar refractivity (Wildman–Crippen MR) is 71.5 cm³/mol. The first kappa shape index (κ1) is 13.7. The van der Waals surface area contributed by atoms with Crippen LogP contribution in [0.25, 0.3) is 0 Å². The summed E-state index contributed by atoms with van der Waals surface area (Å²) < 4.78 is 6.60. The Balaban J connectivity index is 2.05. The number of hydrogen-bond acceptors (Lipinski definition) is 2. The Bertz CT molecular complexity index is 284. The summed E-state index contributed by atoms with van der Waals surface area (Å²) in [4.78, 5) is 0. The van der Waals surface area contributed by atoms with Crippen LogP contribution in [0.1, 0.15) is 19.4 Å². The second kappa shape index (κ2) is 7.82. The third kappa shape index (κ3) is 6.26. The summed E-state index contributed by atoms with van der Waals surface area (Å²) >= 11 is 3.42. The van der Waals surface area contributed by atoms with E-state index in [0.29, 0.717) is 5.92 Å². The third-order valence-electron chi connectivity index (χ3n) is 2.12. The van der Waals surface area contributed by atoms with Crippen LogP contribution in [-0.2, 0) is 11.3 Å². The van der Waals surface area contributed by atoms with Gasteiger partial charge in [-0.2, -0.15) is 0 Å². The van der Waals surface area contributed by atoms with E-state index in [-0.39, 0.29) is 0 Å². The van der Waals surface area contributed by atoms with Crippen LogP contribution in [0.5, 0.6) is 0 Å². The van der Waals surface area contributed by atoms with Crippen molar-refractivity contribution in [2.45, 2.75) is 20.4 Å². The second-order valence-corrected chi connectivity index (χ2v) is 5.19. The lowest BCUT2D eigenvalue weighted by Crippen LogP contribution is -2.20. The number of rotatable bonds is 7. The first-order valence-electron chi connectivity index (χ1n) is 5.71. The Kier molecular flexibility index (Phi) is 6.69. The molecule has 3 heteroatoms. The molecule has 0 aliphatic heterocycles. The van der Waals surface area contributed by atoms with Crippen molar-refractivity contribution in [1.29, 1.82) is 0 Å². The Morgan fingerprint density at radius 1 is 1.25 bits per heavy atom. The van der Waals surface area contributed by atoms with Crippen molar-refractivity contribution in [3.05, 3.63) is 34.3 Å². The van der Waals surface area contributed by atoms with Crippen LogP contribution in [0.15, 0.2) is 28.7 Å². The van der Waals surface area contributed by atoms with Gasteiger partial charge in [-0.15, -0.1) is 0 Å². The lowest BCUT2D eigenvalue weighted by atomic mass is 10.2. The Hall–Kier alpha value is -0.380. The summed E-state index contributed by atoms with van der Waals surface area (Å²) in [6.45, 7) is 7.76. The molecule has 0 amide bonds. The molecule has 90 valence electrons. The normalized spacial score (nSPS) is 11.0. The molecule has 1 rings (SSSR count). The molecular weight excluding hydrogens is 266 g/mol. The quantitative estimate of drug-likeness (QED) is 0.777. The fourth-order valence-electron chi connectivity index (χ4n) is 1.30. The van der Waals surface area contributed by atoms with Crippen LogP contribution in [-0.4, -0.2) is 19.8 Å². The van der Waals surface area contributed by atoms with Gasteiger partial charge in [0.1, 0.15) is 0 Å². The van der Waals surface area contributed by atoms with Crippen LogP contribution in [0, 0.1) is 5.92 Å². The minimum atomic E-state index is 0.617. The molecule has 0 saturated carbocycles. The van der Waals surface area contributed by atoms with E-state index in [9.17, 15) is 0 Å². The smallest absolute Gasteiger partial charge is 0.0591 e. The predicted octanol–water partition coefficient (Wildman–Crippen LogP) is 3.21. The molecule has 0 spiro atoms. The lowest BCUT2D eigenvalue weighted by molar-refractivity contribution is 0.111. The maximum absolute atomic E-state index is 5.48. The van der Waals surface area contributed by atoms with Crippen molar-refractivity contribution in [3.63, 3.8) is 0 Å². The van der Waals surface area contributed by atoms with Crippen molar-refractivity contribution in [3.8, 4) is 0 Å². The van der Waals surface area contributed by atoms with Crippen LogP contribution < -0.4 is 5.32 Å². The van der Waals surface area contributed by atoms with Gasteiger partial charge in [-0.3, -0.25) is 0 Å². The maximum Gasteiger partial charge on any atom is 0.0591 e. The molecular formula is C13H20BrNO. The van der Waals surface area contributed by atoms with Crippen molar-refractivity contribution >= 4 is 15.9 Å². The number of ether oxygens (including phenoxy) is 1. The highest BCUT2D eigenvalue weighted by atomic mass is 79.9. The summed E-state index contributed by atoms with van der Waals surface area (Å²) in [5.74, 6) is 0.617. The van der Waals surface area contributed by atoms with Gasteiger partial charge in [-0.05, 0) is 23.6 Å². The minimum Gasteiger partial charge on any atom is -0.380 e. The molecule has 0 aliphatic carbocycles. The largest absolute Gasteiger partial charge is 0.380 e. The number of halogens is 1. The van der Waals surface area contributed by atoms with E-state index < -0.39 is 0 Å². The molecule has 0 saturated heterocycles. The van der Waals surface area contributed by atoms with Crippen molar-refractivity contribution < 1.29 is 4.74 Å². The summed E-state index contributed by atoms with van der Waals surface area (Å²) in [6.07, 6.45) is 0. The molecule has 0 unspecified atom stereocenters. The minimum absolute atomic E-state index is 0.617. The zero-order valence-corrected chi connectivity index (χ0v) is 11.6. The van der Waals surface area contributed by atoms with Gasteiger partial charge in [0, 0.05) is 24.2 Å². The zero-order valence-electron chi connectivity index (χ0n) is 10.0. The highest BCUT2D eigenvalue weighted by Gasteiger charge is 1.94. The van der Waals surface area contributed by atoms with E-state index in [2.05, 4.69) is 59.4 Å².